The fraction of sp³-hybridized carbons (Fsp3) is 0.500. The fourth-order valence-electron chi connectivity index (χ4n) is 2.25. The lowest BCUT2D eigenvalue weighted by Crippen LogP contribution is -2.44. The molecule has 1 amide bonds. The van der Waals surface area contributed by atoms with Crippen LogP contribution in [0.25, 0.3) is 0 Å². The Labute approximate surface area is 117 Å². The summed E-state index contributed by atoms with van der Waals surface area (Å²) in [6.45, 7) is 2.63. The van der Waals surface area contributed by atoms with Crippen molar-refractivity contribution in [2.45, 2.75) is 32.4 Å². The van der Waals surface area contributed by atoms with Crippen LogP contribution in [0.1, 0.15) is 25.3 Å². The Balaban J connectivity index is 1.72. The Morgan fingerprint density at radius 2 is 2.21 bits per heavy atom. The van der Waals surface area contributed by atoms with Gasteiger partial charge >= 0.3 is 0 Å². The van der Waals surface area contributed by atoms with Crippen LogP contribution >= 0.6 is 11.6 Å². The fourth-order valence-corrected chi connectivity index (χ4v) is 2.44. The SMILES string of the molecule is C[C@H]1C[C@H](NCC(=O)NCc2cccc(Cl)c2F)C1. The van der Waals surface area contributed by atoms with Crippen molar-refractivity contribution >= 4 is 17.5 Å². The van der Waals surface area contributed by atoms with E-state index < -0.39 is 5.82 Å². The Hall–Kier alpha value is -1.13. The first-order valence-electron chi connectivity index (χ1n) is 6.49. The van der Waals surface area contributed by atoms with Gasteiger partial charge in [0.1, 0.15) is 5.82 Å². The lowest BCUT2D eigenvalue weighted by molar-refractivity contribution is -0.120. The Bertz CT molecular complexity index is 461. The minimum Gasteiger partial charge on any atom is -0.351 e. The average molecular weight is 285 g/mol. The van der Waals surface area contributed by atoms with Gasteiger partial charge in [-0.1, -0.05) is 30.7 Å². The third-order valence-electron chi connectivity index (χ3n) is 3.43. The van der Waals surface area contributed by atoms with E-state index in [-0.39, 0.29) is 24.0 Å². The number of carbonyl (C=O) groups is 1. The van der Waals surface area contributed by atoms with Gasteiger partial charge in [-0.3, -0.25) is 4.79 Å². The molecule has 0 heterocycles. The molecule has 1 aliphatic rings. The molecule has 1 fully saturated rings. The second-order valence-electron chi connectivity index (χ2n) is 5.14. The zero-order chi connectivity index (χ0) is 13.8. The second-order valence-corrected chi connectivity index (χ2v) is 5.55. The van der Waals surface area contributed by atoms with Crippen LogP contribution in [-0.2, 0) is 11.3 Å². The summed E-state index contributed by atoms with van der Waals surface area (Å²) in [4.78, 5) is 11.6. The van der Waals surface area contributed by atoms with E-state index >= 15 is 0 Å². The molecule has 0 unspecified atom stereocenters. The standard InChI is InChI=1S/C14H18ClFN2O/c1-9-5-11(6-9)17-8-13(19)18-7-10-3-2-4-12(15)14(10)16/h2-4,9,11,17H,5-8H2,1H3,(H,18,19)/t9-,11-. The highest BCUT2D eigenvalue weighted by molar-refractivity contribution is 6.30. The van der Waals surface area contributed by atoms with Gasteiger partial charge in [-0.15, -0.1) is 0 Å². The van der Waals surface area contributed by atoms with E-state index in [9.17, 15) is 9.18 Å². The van der Waals surface area contributed by atoms with E-state index in [2.05, 4.69) is 17.6 Å². The molecule has 2 N–H and O–H groups in total. The van der Waals surface area contributed by atoms with Crippen LogP contribution in [0.2, 0.25) is 5.02 Å². The number of rotatable bonds is 5. The summed E-state index contributed by atoms with van der Waals surface area (Å²) in [5.74, 6) is 0.158. The molecule has 0 aliphatic heterocycles. The molecule has 1 aliphatic carbocycles. The maximum atomic E-state index is 13.6. The first-order chi connectivity index (χ1) is 9.06. The van der Waals surface area contributed by atoms with Crippen molar-refractivity contribution < 1.29 is 9.18 Å². The third kappa shape index (κ3) is 3.91. The summed E-state index contributed by atoms with van der Waals surface area (Å²) < 4.78 is 13.6. The number of amides is 1. The summed E-state index contributed by atoms with van der Waals surface area (Å²) in [7, 11) is 0. The molecule has 1 aromatic rings. The first-order valence-corrected chi connectivity index (χ1v) is 6.87. The van der Waals surface area contributed by atoms with Gasteiger partial charge < -0.3 is 10.6 Å². The first kappa shape index (κ1) is 14.3. The summed E-state index contributed by atoms with van der Waals surface area (Å²) >= 11 is 5.67. The molecule has 104 valence electrons. The van der Waals surface area contributed by atoms with Gasteiger partial charge in [-0.25, -0.2) is 4.39 Å². The van der Waals surface area contributed by atoms with Gasteiger partial charge in [0.25, 0.3) is 0 Å². The van der Waals surface area contributed by atoms with Crippen molar-refractivity contribution in [1.29, 1.82) is 0 Å². The monoisotopic (exact) mass is 284 g/mol. The van der Waals surface area contributed by atoms with E-state index in [1.165, 1.54) is 6.07 Å². The van der Waals surface area contributed by atoms with Gasteiger partial charge in [0, 0.05) is 18.2 Å². The maximum Gasteiger partial charge on any atom is 0.234 e. The van der Waals surface area contributed by atoms with E-state index in [0.29, 0.717) is 11.6 Å². The third-order valence-corrected chi connectivity index (χ3v) is 3.72. The minimum atomic E-state index is -0.467. The topological polar surface area (TPSA) is 41.1 Å². The number of benzene rings is 1. The van der Waals surface area contributed by atoms with Gasteiger partial charge in [-0.2, -0.15) is 0 Å². The van der Waals surface area contributed by atoms with Crippen molar-refractivity contribution in [3.8, 4) is 0 Å². The maximum absolute atomic E-state index is 13.6. The van der Waals surface area contributed by atoms with Crippen molar-refractivity contribution in [3.05, 3.63) is 34.6 Å². The van der Waals surface area contributed by atoms with Crippen molar-refractivity contribution in [1.82, 2.24) is 10.6 Å². The number of halogens is 2. The number of nitrogens with one attached hydrogen (secondary N) is 2. The largest absolute Gasteiger partial charge is 0.351 e. The molecule has 0 saturated heterocycles. The Kier molecular flexibility index (Phi) is 4.77. The molecule has 0 aromatic heterocycles. The molecule has 0 atom stereocenters. The van der Waals surface area contributed by atoms with Crippen molar-refractivity contribution in [3.63, 3.8) is 0 Å². The van der Waals surface area contributed by atoms with E-state index in [1.807, 2.05) is 0 Å². The van der Waals surface area contributed by atoms with Crippen LogP contribution in [0, 0.1) is 11.7 Å². The van der Waals surface area contributed by atoms with Crippen molar-refractivity contribution in [2.24, 2.45) is 5.92 Å². The van der Waals surface area contributed by atoms with Gasteiger partial charge in [0.15, 0.2) is 0 Å². The molecule has 0 bridgehead atoms. The molecule has 1 aromatic carbocycles. The summed E-state index contributed by atoms with van der Waals surface area (Å²) in [6.07, 6.45) is 2.24. The number of carbonyl (C=O) groups excluding carboxylic acids is 1. The average Bonchev–Trinajstić information content (AvgIpc) is 2.35. The summed E-state index contributed by atoms with van der Waals surface area (Å²) in [6, 6.07) is 5.22. The number of hydrogen-bond donors (Lipinski definition) is 2. The van der Waals surface area contributed by atoms with Gasteiger partial charge in [0.2, 0.25) is 5.91 Å². The van der Waals surface area contributed by atoms with Crippen LogP contribution in [0.5, 0.6) is 0 Å². The highest BCUT2D eigenvalue weighted by Gasteiger charge is 2.24. The van der Waals surface area contributed by atoms with Crippen LogP contribution < -0.4 is 10.6 Å². The van der Waals surface area contributed by atoms with E-state index in [0.717, 1.165) is 18.8 Å². The number of hydrogen-bond acceptors (Lipinski definition) is 2. The van der Waals surface area contributed by atoms with Crippen molar-refractivity contribution in [2.75, 3.05) is 6.54 Å². The smallest absolute Gasteiger partial charge is 0.234 e. The van der Waals surface area contributed by atoms with Crippen LogP contribution in [0.15, 0.2) is 18.2 Å². The normalized spacial score (nSPS) is 21.8. The second kappa shape index (κ2) is 6.35. The molecular weight excluding hydrogens is 267 g/mol. The molecule has 2 rings (SSSR count). The Morgan fingerprint density at radius 1 is 1.47 bits per heavy atom. The predicted octanol–water partition coefficient (Wildman–Crippen LogP) is 2.48. The molecule has 0 spiro atoms. The molecule has 3 nitrogen and oxygen atoms in total. The molecule has 5 heteroatoms. The van der Waals surface area contributed by atoms with Gasteiger partial charge in [0.05, 0.1) is 11.6 Å². The van der Waals surface area contributed by atoms with Gasteiger partial charge in [-0.05, 0) is 24.8 Å². The van der Waals surface area contributed by atoms with E-state index in [1.54, 1.807) is 12.1 Å². The summed E-state index contributed by atoms with van der Waals surface area (Å²) in [5.41, 5.74) is 0.401. The molecule has 19 heavy (non-hydrogen) atoms. The van der Waals surface area contributed by atoms with Crippen LogP contribution in [-0.4, -0.2) is 18.5 Å². The Morgan fingerprint density at radius 3 is 2.89 bits per heavy atom. The van der Waals surface area contributed by atoms with Crippen LogP contribution in [0.3, 0.4) is 0 Å². The minimum absolute atomic E-state index is 0.0772. The summed E-state index contributed by atoms with van der Waals surface area (Å²) in [5, 5.41) is 5.94. The lowest BCUT2D eigenvalue weighted by atomic mass is 9.82. The quantitative estimate of drug-likeness (QED) is 0.872. The predicted molar refractivity (Wildman–Crippen MR) is 73.4 cm³/mol. The molecular formula is C14H18ClFN2O. The van der Waals surface area contributed by atoms with E-state index in [4.69, 9.17) is 11.6 Å². The molecule has 0 radical (unpaired) electrons. The highest BCUT2D eigenvalue weighted by atomic mass is 35.5. The zero-order valence-electron chi connectivity index (χ0n) is 10.9. The van der Waals surface area contributed by atoms with Crippen LogP contribution in [0.4, 0.5) is 4.39 Å². The zero-order valence-corrected chi connectivity index (χ0v) is 11.6. The molecule has 1 saturated carbocycles. The highest BCUT2D eigenvalue weighted by Crippen LogP contribution is 2.25. The lowest BCUT2D eigenvalue weighted by Gasteiger charge is -2.33.